The maximum atomic E-state index is 13.1. The second-order valence-electron chi connectivity index (χ2n) is 4.35. The van der Waals surface area contributed by atoms with Gasteiger partial charge in [-0.25, -0.2) is 4.39 Å². The Morgan fingerprint density at radius 1 is 1.47 bits per heavy atom. The number of hydrogen-bond donors (Lipinski definition) is 0. The summed E-state index contributed by atoms with van der Waals surface area (Å²) < 4.78 is 14.7. The number of nitrogens with zero attached hydrogens (tertiary/aromatic N) is 3. The fourth-order valence-electron chi connectivity index (χ4n) is 1.90. The van der Waals surface area contributed by atoms with Gasteiger partial charge in [-0.15, -0.1) is 0 Å². The zero-order chi connectivity index (χ0) is 13.8. The van der Waals surface area contributed by atoms with Crippen molar-refractivity contribution >= 4 is 5.91 Å². The third-order valence-electron chi connectivity index (χ3n) is 2.88. The van der Waals surface area contributed by atoms with Crippen LogP contribution in [-0.2, 0) is 13.6 Å². The van der Waals surface area contributed by atoms with Crippen molar-refractivity contribution in [2.45, 2.75) is 13.5 Å². The maximum Gasteiger partial charge on any atom is 0.257 e. The van der Waals surface area contributed by atoms with Gasteiger partial charge in [-0.3, -0.25) is 9.48 Å². The van der Waals surface area contributed by atoms with Gasteiger partial charge in [0, 0.05) is 26.3 Å². The minimum absolute atomic E-state index is 0.0974. The fraction of sp³-hybridized carbons (Fsp3) is 0.286. The van der Waals surface area contributed by atoms with Gasteiger partial charge in [0.2, 0.25) is 0 Å². The first-order valence-corrected chi connectivity index (χ1v) is 6.12. The monoisotopic (exact) mass is 261 g/mol. The summed E-state index contributed by atoms with van der Waals surface area (Å²) >= 11 is 0. The van der Waals surface area contributed by atoms with Crippen molar-refractivity contribution in [3.63, 3.8) is 0 Å². The highest BCUT2D eigenvalue weighted by atomic mass is 19.1. The summed E-state index contributed by atoms with van der Waals surface area (Å²) in [6.45, 7) is 2.85. The van der Waals surface area contributed by atoms with Crippen LogP contribution < -0.4 is 0 Å². The lowest BCUT2D eigenvalue weighted by Crippen LogP contribution is -2.30. The van der Waals surface area contributed by atoms with Crippen LogP contribution in [0, 0.1) is 5.82 Å². The van der Waals surface area contributed by atoms with Gasteiger partial charge < -0.3 is 4.90 Å². The molecule has 2 aromatic rings. The molecule has 19 heavy (non-hydrogen) atoms. The number of carbonyl (C=O) groups is 1. The molecule has 0 saturated carbocycles. The number of hydrogen-bond acceptors (Lipinski definition) is 2. The lowest BCUT2D eigenvalue weighted by atomic mass is 10.2. The van der Waals surface area contributed by atoms with Gasteiger partial charge >= 0.3 is 0 Å². The Morgan fingerprint density at radius 3 is 2.84 bits per heavy atom. The van der Waals surface area contributed by atoms with Crippen LogP contribution in [0.3, 0.4) is 0 Å². The summed E-state index contributed by atoms with van der Waals surface area (Å²) in [6, 6.07) is 6.29. The molecule has 0 saturated heterocycles. The van der Waals surface area contributed by atoms with E-state index in [1.807, 2.05) is 13.0 Å². The molecule has 0 radical (unpaired) electrons. The van der Waals surface area contributed by atoms with Crippen molar-refractivity contribution in [2.24, 2.45) is 7.05 Å². The first-order chi connectivity index (χ1) is 9.10. The minimum atomic E-state index is -0.289. The fourth-order valence-corrected chi connectivity index (χ4v) is 1.90. The van der Waals surface area contributed by atoms with Crippen molar-refractivity contribution in [2.75, 3.05) is 6.54 Å². The van der Waals surface area contributed by atoms with Crippen LogP contribution >= 0.6 is 0 Å². The van der Waals surface area contributed by atoms with Crippen molar-refractivity contribution in [3.8, 4) is 0 Å². The van der Waals surface area contributed by atoms with Crippen molar-refractivity contribution in [1.82, 2.24) is 14.7 Å². The lowest BCUT2D eigenvalue weighted by molar-refractivity contribution is 0.0752. The zero-order valence-corrected chi connectivity index (χ0v) is 11.0. The predicted octanol–water partition coefficient (Wildman–Crippen LogP) is 2.22. The Hall–Kier alpha value is -2.17. The van der Waals surface area contributed by atoms with Gasteiger partial charge in [0.1, 0.15) is 5.82 Å². The summed E-state index contributed by atoms with van der Waals surface area (Å²) in [5.41, 5.74) is 1.32. The molecule has 100 valence electrons. The van der Waals surface area contributed by atoms with Gasteiger partial charge in [-0.2, -0.15) is 5.10 Å². The maximum absolute atomic E-state index is 13.1. The van der Waals surface area contributed by atoms with E-state index in [0.29, 0.717) is 18.7 Å². The highest BCUT2D eigenvalue weighted by Gasteiger charge is 2.16. The van der Waals surface area contributed by atoms with Gasteiger partial charge in [0.25, 0.3) is 5.91 Å². The minimum Gasteiger partial charge on any atom is -0.334 e. The van der Waals surface area contributed by atoms with E-state index in [-0.39, 0.29) is 11.7 Å². The van der Waals surface area contributed by atoms with Crippen molar-refractivity contribution < 1.29 is 9.18 Å². The van der Waals surface area contributed by atoms with E-state index in [0.717, 1.165) is 5.56 Å². The number of rotatable bonds is 4. The van der Waals surface area contributed by atoms with E-state index in [4.69, 9.17) is 0 Å². The van der Waals surface area contributed by atoms with Crippen LogP contribution in [0.2, 0.25) is 0 Å². The summed E-state index contributed by atoms with van der Waals surface area (Å²) in [5.74, 6) is -0.387. The molecule has 1 aromatic carbocycles. The largest absolute Gasteiger partial charge is 0.334 e. The smallest absolute Gasteiger partial charge is 0.257 e. The molecular formula is C14H16FN3O. The first kappa shape index (κ1) is 13.3. The summed E-state index contributed by atoms with van der Waals surface area (Å²) in [5, 5.41) is 3.98. The first-order valence-electron chi connectivity index (χ1n) is 6.12. The number of halogens is 1. The van der Waals surface area contributed by atoms with Crippen molar-refractivity contribution in [1.29, 1.82) is 0 Å². The van der Waals surface area contributed by atoms with Crippen LogP contribution in [-0.4, -0.2) is 27.1 Å². The van der Waals surface area contributed by atoms with Crippen molar-refractivity contribution in [3.05, 3.63) is 53.6 Å². The SMILES string of the molecule is CCN(Cc1cccc(F)c1)C(=O)c1cnn(C)c1. The van der Waals surface area contributed by atoms with Gasteiger partial charge in [-0.05, 0) is 24.6 Å². The predicted molar refractivity (Wildman–Crippen MR) is 70.0 cm³/mol. The topological polar surface area (TPSA) is 38.1 Å². The Bertz CT molecular complexity index is 580. The van der Waals surface area contributed by atoms with E-state index in [9.17, 15) is 9.18 Å². The zero-order valence-electron chi connectivity index (χ0n) is 11.0. The molecule has 5 heteroatoms. The van der Waals surface area contributed by atoms with Gasteiger partial charge in [0.15, 0.2) is 0 Å². The van der Waals surface area contributed by atoms with E-state index < -0.39 is 0 Å². The van der Waals surface area contributed by atoms with Crippen LogP contribution in [0.1, 0.15) is 22.8 Å². The summed E-state index contributed by atoms with van der Waals surface area (Å²) in [7, 11) is 1.76. The summed E-state index contributed by atoms with van der Waals surface area (Å²) in [4.78, 5) is 13.9. The molecule has 0 spiro atoms. The van der Waals surface area contributed by atoms with E-state index in [1.54, 1.807) is 28.9 Å². The summed E-state index contributed by atoms with van der Waals surface area (Å²) in [6.07, 6.45) is 3.22. The molecule has 1 heterocycles. The molecule has 0 aliphatic carbocycles. The number of benzene rings is 1. The third-order valence-corrected chi connectivity index (χ3v) is 2.88. The third kappa shape index (κ3) is 3.19. The molecule has 0 fully saturated rings. The molecule has 4 nitrogen and oxygen atoms in total. The van der Waals surface area contributed by atoms with Crippen LogP contribution in [0.5, 0.6) is 0 Å². The molecule has 0 aliphatic rings. The Kier molecular flexibility index (Phi) is 3.94. The highest BCUT2D eigenvalue weighted by Crippen LogP contribution is 2.10. The molecule has 0 aliphatic heterocycles. The normalized spacial score (nSPS) is 10.5. The molecule has 0 bridgehead atoms. The quantitative estimate of drug-likeness (QED) is 0.846. The van der Waals surface area contributed by atoms with Crippen LogP contribution in [0.15, 0.2) is 36.7 Å². The molecular weight excluding hydrogens is 245 g/mol. The standard InChI is InChI=1S/C14H16FN3O/c1-3-18(9-11-5-4-6-13(15)7-11)14(19)12-8-16-17(2)10-12/h4-8,10H,3,9H2,1-2H3. The van der Waals surface area contributed by atoms with Gasteiger partial charge in [0.05, 0.1) is 11.8 Å². The molecule has 0 unspecified atom stereocenters. The average molecular weight is 261 g/mol. The number of carbonyl (C=O) groups excluding carboxylic acids is 1. The van der Waals surface area contributed by atoms with E-state index >= 15 is 0 Å². The number of aryl methyl sites for hydroxylation is 1. The van der Waals surface area contributed by atoms with Gasteiger partial charge in [-0.1, -0.05) is 12.1 Å². The molecule has 0 N–H and O–H groups in total. The molecule has 1 amide bonds. The Balaban J connectivity index is 2.14. The lowest BCUT2D eigenvalue weighted by Gasteiger charge is -2.20. The second-order valence-corrected chi connectivity index (χ2v) is 4.35. The van der Waals surface area contributed by atoms with E-state index in [1.165, 1.54) is 18.3 Å². The number of aromatic nitrogens is 2. The highest BCUT2D eigenvalue weighted by molar-refractivity contribution is 5.93. The Labute approximate surface area is 111 Å². The molecule has 2 rings (SSSR count). The number of amides is 1. The Morgan fingerprint density at radius 2 is 2.26 bits per heavy atom. The molecule has 1 aromatic heterocycles. The second kappa shape index (κ2) is 5.65. The van der Waals surface area contributed by atoms with E-state index in [2.05, 4.69) is 5.10 Å². The molecule has 0 atom stereocenters. The van der Waals surface area contributed by atoms with Crippen LogP contribution in [0.4, 0.5) is 4.39 Å². The van der Waals surface area contributed by atoms with Crippen LogP contribution in [0.25, 0.3) is 0 Å². The average Bonchev–Trinajstić information content (AvgIpc) is 2.82.